The number of hydrogen-bond acceptors (Lipinski definition) is 3. The number of benzene rings is 1. The van der Waals surface area contributed by atoms with E-state index in [-0.39, 0.29) is 5.91 Å². The lowest BCUT2D eigenvalue weighted by Gasteiger charge is -2.08. The summed E-state index contributed by atoms with van der Waals surface area (Å²) in [6.07, 6.45) is 9.09. The fourth-order valence-corrected chi connectivity index (χ4v) is 3.55. The largest absolute Gasteiger partial charge is 0.348 e. The molecule has 0 aliphatic heterocycles. The summed E-state index contributed by atoms with van der Waals surface area (Å²) in [5, 5.41) is 7.99. The number of fused-ring (bicyclic) bond motifs is 3. The number of hydrogen-bond donors (Lipinski definition) is 1. The molecule has 1 aliphatic carbocycles. The van der Waals surface area contributed by atoms with E-state index in [9.17, 15) is 4.79 Å². The number of rotatable bonds is 3. The molecular formula is C19H19ClN4O. The second kappa shape index (κ2) is 6.84. The first-order chi connectivity index (χ1) is 12.2. The van der Waals surface area contributed by atoms with Crippen molar-refractivity contribution in [2.45, 2.75) is 38.6 Å². The maximum Gasteiger partial charge on any atom is 0.257 e. The van der Waals surface area contributed by atoms with Crippen LogP contribution in [-0.4, -0.2) is 20.5 Å². The van der Waals surface area contributed by atoms with Gasteiger partial charge in [-0.05, 0) is 42.9 Å². The van der Waals surface area contributed by atoms with E-state index < -0.39 is 0 Å². The molecule has 1 amide bonds. The molecule has 6 heteroatoms. The van der Waals surface area contributed by atoms with Gasteiger partial charge in [-0.1, -0.05) is 36.2 Å². The van der Waals surface area contributed by atoms with Crippen molar-refractivity contribution < 1.29 is 4.79 Å². The van der Waals surface area contributed by atoms with Crippen LogP contribution in [0, 0.1) is 0 Å². The number of carbonyl (C=O) groups excluding carboxylic acids is 1. The van der Waals surface area contributed by atoms with Crippen molar-refractivity contribution in [3.8, 4) is 0 Å². The van der Waals surface area contributed by atoms with Gasteiger partial charge in [-0.2, -0.15) is 5.10 Å². The number of aryl methyl sites for hydroxylation is 2. The smallest absolute Gasteiger partial charge is 0.257 e. The molecule has 128 valence electrons. The molecule has 1 N–H and O–H groups in total. The van der Waals surface area contributed by atoms with Crippen molar-refractivity contribution in [1.82, 2.24) is 19.9 Å². The second-order valence-electron chi connectivity index (χ2n) is 6.36. The summed E-state index contributed by atoms with van der Waals surface area (Å²) in [6.45, 7) is 0.376. The lowest BCUT2D eigenvalue weighted by atomic mass is 10.1. The highest BCUT2D eigenvalue weighted by Gasteiger charge is 2.19. The Morgan fingerprint density at radius 1 is 1.16 bits per heavy atom. The second-order valence-corrected chi connectivity index (χ2v) is 6.77. The number of halogens is 1. The zero-order valence-corrected chi connectivity index (χ0v) is 14.6. The summed E-state index contributed by atoms with van der Waals surface area (Å²) < 4.78 is 1.84. The van der Waals surface area contributed by atoms with Crippen LogP contribution in [0.5, 0.6) is 0 Å². The number of nitrogens with zero attached hydrogens (tertiary/aromatic N) is 3. The highest BCUT2D eigenvalue weighted by atomic mass is 35.5. The topological polar surface area (TPSA) is 59.3 Å². The Labute approximate surface area is 151 Å². The fraction of sp³-hybridized carbons (Fsp3) is 0.316. The highest BCUT2D eigenvalue weighted by molar-refractivity contribution is 6.31. The van der Waals surface area contributed by atoms with Gasteiger partial charge in [0.2, 0.25) is 0 Å². The molecule has 0 saturated carbocycles. The molecule has 0 radical (unpaired) electrons. The summed E-state index contributed by atoms with van der Waals surface area (Å²) in [7, 11) is 0. The number of aromatic nitrogens is 3. The molecule has 0 atom stereocenters. The van der Waals surface area contributed by atoms with Crippen LogP contribution in [0.25, 0.3) is 5.65 Å². The predicted molar refractivity (Wildman–Crippen MR) is 96.9 cm³/mol. The maximum absolute atomic E-state index is 12.6. The minimum Gasteiger partial charge on any atom is -0.348 e. The Bertz CT molecular complexity index is 934. The molecule has 3 aromatic rings. The van der Waals surface area contributed by atoms with Crippen LogP contribution in [-0.2, 0) is 19.4 Å². The third-order valence-electron chi connectivity index (χ3n) is 4.71. The number of amides is 1. The Balaban J connectivity index is 1.60. The van der Waals surface area contributed by atoms with Crippen LogP contribution in [0.3, 0.4) is 0 Å². The summed E-state index contributed by atoms with van der Waals surface area (Å²) in [5.41, 5.74) is 4.44. The van der Waals surface area contributed by atoms with Gasteiger partial charge in [0.1, 0.15) is 5.56 Å². The average molecular weight is 355 g/mol. The molecule has 0 unspecified atom stereocenters. The van der Waals surface area contributed by atoms with Crippen LogP contribution in [0.1, 0.15) is 46.4 Å². The summed E-state index contributed by atoms with van der Waals surface area (Å²) in [6, 6.07) is 7.49. The first-order valence-corrected chi connectivity index (χ1v) is 8.98. The minimum absolute atomic E-state index is 0.184. The molecule has 2 heterocycles. The van der Waals surface area contributed by atoms with E-state index in [1.807, 2.05) is 35.0 Å². The van der Waals surface area contributed by atoms with E-state index in [4.69, 9.17) is 11.6 Å². The Morgan fingerprint density at radius 2 is 2.00 bits per heavy atom. The van der Waals surface area contributed by atoms with Gasteiger partial charge in [-0.15, -0.1) is 0 Å². The molecule has 1 aliphatic rings. The van der Waals surface area contributed by atoms with E-state index in [0.717, 1.165) is 24.8 Å². The molecule has 25 heavy (non-hydrogen) atoms. The number of carbonyl (C=O) groups is 1. The van der Waals surface area contributed by atoms with E-state index in [1.165, 1.54) is 24.1 Å². The van der Waals surface area contributed by atoms with Crippen LogP contribution in [0.2, 0.25) is 5.02 Å². The minimum atomic E-state index is -0.184. The summed E-state index contributed by atoms with van der Waals surface area (Å²) in [5.74, 6) is -0.184. The third-order valence-corrected chi connectivity index (χ3v) is 5.08. The molecule has 0 saturated heterocycles. The normalized spacial score (nSPS) is 14.1. The molecule has 1 aromatic carbocycles. The van der Waals surface area contributed by atoms with Gasteiger partial charge >= 0.3 is 0 Å². The predicted octanol–water partition coefficient (Wildman–Crippen LogP) is 3.58. The molecule has 0 spiro atoms. The molecular weight excluding hydrogens is 336 g/mol. The van der Waals surface area contributed by atoms with E-state index in [0.29, 0.717) is 22.8 Å². The maximum atomic E-state index is 12.6. The lowest BCUT2D eigenvalue weighted by Crippen LogP contribution is -2.23. The van der Waals surface area contributed by atoms with Crippen LogP contribution < -0.4 is 5.32 Å². The molecule has 0 bridgehead atoms. The monoisotopic (exact) mass is 354 g/mol. The Kier molecular flexibility index (Phi) is 4.40. The Hall–Kier alpha value is -2.40. The Morgan fingerprint density at radius 3 is 2.88 bits per heavy atom. The fourth-order valence-electron chi connectivity index (χ4n) is 3.35. The van der Waals surface area contributed by atoms with Crippen molar-refractivity contribution in [1.29, 1.82) is 0 Å². The van der Waals surface area contributed by atoms with Crippen molar-refractivity contribution in [3.05, 3.63) is 64.1 Å². The molecule has 0 fully saturated rings. The zero-order chi connectivity index (χ0) is 17.2. The van der Waals surface area contributed by atoms with Gasteiger partial charge in [-0.25, -0.2) is 9.50 Å². The van der Waals surface area contributed by atoms with E-state index in [2.05, 4.69) is 15.4 Å². The van der Waals surface area contributed by atoms with E-state index in [1.54, 1.807) is 6.20 Å². The standard InChI is InChI=1S/C19H19ClN4O/c20-16-8-5-4-6-13(16)10-22-19(25)15-12-23-24-17-9-3-1-2-7-14(17)11-21-18(15)24/h4-6,8,11-12H,1-3,7,9-10H2,(H,22,25). The lowest BCUT2D eigenvalue weighted by molar-refractivity contribution is 0.0952. The average Bonchev–Trinajstić information content (AvgIpc) is 2.91. The van der Waals surface area contributed by atoms with Crippen LogP contribution in [0.4, 0.5) is 0 Å². The quantitative estimate of drug-likeness (QED) is 0.731. The summed E-state index contributed by atoms with van der Waals surface area (Å²) in [4.78, 5) is 17.1. The van der Waals surface area contributed by atoms with Crippen molar-refractivity contribution in [2.24, 2.45) is 0 Å². The van der Waals surface area contributed by atoms with Gasteiger partial charge in [-0.3, -0.25) is 4.79 Å². The van der Waals surface area contributed by atoms with Crippen LogP contribution >= 0.6 is 11.6 Å². The van der Waals surface area contributed by atoms with Gasteiger partial charge in [0.05, 0.1) is 6.20 Å². The highest BCUT2D eigenvalue weighted by Crippen LogP contribution is 2.22. The van der Waals surface area contributed by atoms with Crippen molar-refractivity contribution in [3.63, 3.8) is 0 Å². The van der Waals surface area contributed by atoms with Crippen molar-refractivity contribution in [2.75, 3.05) is 0 Å². The summed E-state index contributed by atoms with van der Waals surface area (Å²) >= 11 is 6.14. The van der Waals surface area contributed by atoms with Gasteiger partial charge < -0.3 is 5.32 Å². The first kappa shape index (κ1) is 16.1. The van der Waals surface area contributed by atoms with Crippen LogP contribution in [0.15, 0.2) is 36.7 Å². The third kappa shape index (κ3) is 3.12. The zero-order valence-electron chi connectivity index (χ0n) is 13.8. The van der Waals surface area contributed by atoms with Crippen molar-refractivity contribution >= 4 is 23.2 Å². The van der Waals surface area contributed by atoms with E-state index >= 15 is 0 Å². The molecule has 4 rings (SSSR count). The van der Waals surface area contributed by atoms with Gasteiger partial charge in [0.25, 0.3) is 5.91 Å². The number of nitrogens with one attached hydrogen (secondary N) is 1. The molecule has 5 nitrogen and oxygen atoms in total. The SMILES string of the molecule is O=C(NCc1ccccc1Cl)c1cnn2c3c(cnc12)CCCCC3. The van der Waals surface area contributed by atoms with Gasteiger partial charge in [0.15, 0.2) is 5.65 Å². The first-order valence-electron chi connectivity index (χ1n) is 8.60. The van der Waals surface area contributed by atoms with Gasteiger partial charge in [0, 0.05) is 23.5 Å². The molecule has 2 aromatic heterocycles.